The van der Waals surface area contributed by atoms with Crippen molar-refractivity contribution in [2.24, 2.45) is 17.8 Å². The summed E-state index contributed by atoms with van der Waals surface area (Å²) in [5.74, 6) is 2.11. The molecule has 0 aromatic heterocycles. The average molecular weight is 437 g/mol. The van der Waals surface area contributed by atoms with Crippen molar-refractivity contribution in [1.29, 1.82) is 0 Å². The minimum Gasteiger partial charge on any atom is -0.316 e. The molecule has 2 fully saturated rings. The molecule has 2 saturated heterocycles. The summed E-state index contributed by atoms with van der Waals surface area (Å²) >= 11 is 0. The van der Waals surface area contributed by atoms with Gasteiger partial charge in [-0.05, 0) is 80.2 Å². The van der Waals surface area contributed by atoms with E-state index in [1.807, 2.05) is 0 Å². The molecule has 0 saturated carbocycles. The van der Waals surface area contributed by atoms with Crippen molar-refractivity contribution in [3.8, 4) is 0 Å². The van der Waals surface area contributed by atoms with Crippen LogP contribution in [0.25, 0.3) is 0 Å². The van der Waals surface area contributed by atoms with E-state index in [1.54, 1.807) is 5.57 Å². The Morgan fingerprint density at radius 3 is 1.90 bits per heavy atom. The van der Waals surface area contributed by atoms with E-state index in [0.29, 0.717) is 16.2 Å². The molecule has 0 spiro atoms. The van der Waals surface area contributed by atoms with Crippen molar-refractivity contribution in [3.05, 3.63) is 23.8 Å². The lowest BCUT2D eigenvalue weighted by atomic mass is 9.71. The summed E-state index contributed by atoms with van der Waals surface area (Å²) in [6.07, 6.45) is 14.0. The van der Waals surface area contributed by atoms with Crippen LogP contribution in [0.2, 0.25) is 0 Å². The molecule has 4 unspecified atom stereocenters. The van der Waals surface area contributed by atoms with Gasteiger partial charge in [0.05, 0.1) is 0 Å². The molecule has 1 aliphatic carbocycles. The lowest BCUT2D eigenvalue weighted by Gasteiger charge is -2.49. The van der Waals surface area contributed by atoms with Crippen LogP contribution in [0.15, 0.2) is 23.8 Å². The summed E-state index contributed by atoms with van der Waals surface area (Å²) in [6.45, 7) is 19.7. The third-order valence-electron chi connectivity index (χ3n) is 8.56. The van der Waals surface area contributed by atoms with Crippen LogP contribution in [0.3, 0.4) is 0 Å². The normalized spacial score (nSPS) is 30.2. The molecule has 0 radical (unpaired) electrons. The molecule has 0 aromatic carbocycles. The first kappa shape index (κ1) is 23.9. The zero-order chi connectivity index (χ0) is 21.3. The molecule has 2 N–H and O–H groups in total. The number of allylic oxidation sites excluding steroid dienone is 4. The Balaban J connectivity index is 1.91. The largest absolute Gasteiger partial charge is 0.316 e. The Labute approximate surface area is 184 Å². The number of hydrogen-bond acceptors (Lipinski definition) is 2. The van der Waals surface area contributed by atoms with Gasteiger partial charge in [0.15, 0.2) is 0 Å². The predicted octanol–water partition coefficient (Wildman–Crippen LogP) is 5.79. The van der Waals surface area contributed by atoms with Gasteiger partial charge in [0.2, 0.25) is 0 Å². The third-order valence-corrected chi connectivity index (χ3v) is 14.2. The van der Waals surface area contributed by atoms with Crippen LogP contribution in [-0.4, -0.2) is 47.8 Å². The summed E-state index contributed by atoms with van der Waals surface area (Å²) in [7, 11) is 3.35. The lowest BCUT2D eigenvalue weighted by molar-refractivity contribution is 0.324. The van der Waals surface area contributed by atoms with Crippen LogP contribution in [0.1, 0.15) is 67.2 Å². The van der Waals surface area contributed by atoms with E-state index in [9.17, 15) is 0 Å². The molecule has 29 heavy (non-hydrogen) atoms. The smallest absolute Gasteiger partial charge is 0.0147 e. The van der Waals surface area contributed by atoms with Crippen molar-refractivity contribution in [2.75, 3.05) is 32.3 Å². The second-order valence-electron chi connectivity index (χ2n) is 10.9. The molecule has 4 atom stereocenters. The van der Waals surface area contributed by atoms with Crippen LogP contribution in [0, 0.1) is 17.8 Å². The minimum absolute atomic E-state index is 0.0891. The average Bonchev–Trinajstić information content (AvgIpc) is 3.47. The van der Waals surface area contributed by atoms with Crippen LogP contribution < -0.4 is 10.6 Å². The highest BCUT2D eigenvalue weighted by Crippen LogP contribution is 2.64. The standard InChI is InChI=1S/C25H46N2P2/c1-7-23(3,4)29(24(5,6)8-2)18-19-10-9-11-22(19)25(28,20-12-14-26-16-20)21-13-15-27-17-21/h9-11,19-21,26-27H,7-8,12-18,28H2,1-6H3. The zero-order valence-electron chi connectivity index (χ0n) is 19.9. The highest BCUT2D eigenvalue weighted by Gasteiger charge is 2.49. The fourth-order valence-electron chi connectivity index (χ4n) is 5.97. The summed E-state index contributed by atoms with van der Waals surface area (Å²) in [6, 6.07) is 0. The molecule has 2 heterocycles. The van der Waals surface area contributed by atoms with E-state index in [1.165, 1.54) is 58.0 Å². The van der Waals surface area contributed by atoms with Gasteiger partial charge >= 0.3 is 0 Å². The molecule has 3 aliphatic rings. The van der Waals surface area contributed by atoms with Gasteiger partial charge in [-0.15, -0.1) is 9.24 Å². The van der Waals surface area contributed by atoms with Gasteiger partial charge in [0.1, 0.15) is 0 Å². The maximum absolute atomic E-state index is 3.67. The molecule has 0 bridgehead atoms. The SMILES string of the molecule is CCC(C)(C)P(CC1C=CC=C1C(P)(C1CCNC1)C1CCNC1)C(C)(C)CC. The summed E-state index contributed by atoms with van der Waals surface area (Å²) in [5.41, 5.74) is 1.73. The minimum atomic E-state index is -0.0891. The first-order valence-corrected chi connectivity index (χ1v) is 14.1. The summed E-state index contributed by atoms with van der Waals surface area (Å²) < 4.78 is 0. The third kappa shape index (κ3) is 4.72. The number of nitrogens with one attached hydrogen (secondary N) is 2. The Morgan fingerprint density at radius 1 is 0.966 bits per heavy atom. The van der Waals surface area contributed by atoms with Gasteiger partial charge in [-0.3, -0.25) is 0 Å². The molecule has 2 nitrogen and oxygen atoms in total. The molecule has 2 aliphatic heterocycles. The summed E-state index contributed by atoms with van der Waals surface area (Å²) in [5, 5.41) is 8.45. The van der Waals surface area contributed by atoms with E-state index in [4.69, 9.17) is 0 Å². The van der Waals surface area contributed by atoms with Gasteiger partial charge < -0.3 is 10.6 Å². The Hall–Kier alpha value is 0.260. The van der Waals surface area contributed by atoms with E-state index in [2.05, 4.69) is 79.6 Å². The molecule has 3 rings (SSSR count). The van der Waals surface area contributed by atoms with Crippen LogP contribution >= 0.6 is 17.2 Å². The van der Waals surface area contributed by atoms with Gasteiger partial charge in [-0.2, -0.15) is 0 Å². The van der Waals surface area contributed by atoms with Crippen molar-refractivity contribution in [1.82, 2.24) is 10.6 Å². The second-order valence-corrected chi connectivity index (χ2v) is 15.5. The fourth-order valence-corrected chi connectivity index (χ4v) is 10.9. The topological polar surface area (TPSA) is 24.1 Å². The van der Waals surface area contributed by atoms with Crippen LogP contribution in [0.5, 0.6) is 0 Å². The van der Waals surface area contributed by atoms with E-state index >= 15 is 0 Å². The van der Waals surface area contributed by atoms with Crippen LogP contribution in [-0.2, 0) is 0 Å². The highest BCUT2D eigenvalue weighted by molar-refractivity contribution is 7.60. The van der Waals surface area contributed by atoms with E-state index in [0.717, 1.165) is 11.8 Å². The second kappa shape index (κ2) is 9.40. The van der Waals surface area contributed by atoms with Gasteiger partial charge in [-0.1, -0.05) is 73.3 Å². The number of rotatable bonds is 9. The van der Waals surface area contributed by atoms with E-state index in [-0.39, 0.29) is 13.1 Å². The molecule has 166 valence electrons. The monoisotopic (exact) mass is 436 g/mol. The van der Waals surface area contributed by atoms with E-state index < -0.39 is 0 Å². The van der Waals surface area contributed by atoms with Crippen LogP contribution in [0.4, 0.5) is 0 Å². The Morgan fingerprint density at radius 2 is 1.48 bits per heavy atom. The molecule has 0 aromatic rings. The van der Waals surface area contributed by atoms with Gasteiger partial charge in [-0.25, -0.2) is 0 Å². The van der Waals surface area contributed by atoms with Gasteiger partial charge in [0, 0.05) is 11.1 Å². The van der Waals surface area contributed by atoms with Crippen molar-refractivity contribution in [3.63, 3.8) is 0 Å². The number of hydrogen-bond donors (Lipinski definition) is 2. The Bertz CT molecular complexity index is 578. The quantitative estimate of drug-likeness (QED) is 0.447. The maximum Gasteiger partial charge on any atom is 0.0147 e. The molecular formula is C25H46N2P2. The summed E-state index contributed by atoms with van der Waals surface area (Å²) in [4.78, 5) is 0. The molecule has 0 amide bonds. The van der Waals surface area contributed by atoms with Gasteiger partial charge in [0.25, 0.3) is 0 Å². The maximum atomic E-state index is 3.67. The van der Waals surface area contributed by atoms with Crippen molar-refractivity contribution < 1.29 is 0 Å². The van der Waals surface area contributed by atoms with Crippen molar-refractivity contribution >= 4 is 17.2 Å². The first-order valence-electron chi connectivity index (χ1n) is 12.0. The molecule has 4 heteroatoms. The predicted molar refractivity (Wildman–Crippen MR) is 136 cm³/mol. The first-order chi connectivity index (χ1) is 13.7. The zero-order valence-corrected chi connectivity index (χ0v) is 21.9. The lowest BCUT2D eigenvalue weighted by Crippen LogP contribution is -2.45. The van der Waals surface area contributed by atoms with Crippen molar-refractivity contribution in [2.45, 2.75) is 82.7 Å². The molecular weight excluding hydrogens is 390 g/mol. The fraction of sp³-hybridized carbons (Fsp3) is 0.840. The highest BCUT2D eigenvalue weighted by atomic mass is 31.1. The Kier molecular flexibility index (Phi) is 7.75.